The number of hydrogen-bond acceptors (Lipinski definition) is 4. The van der Waals surface area contributed by atoms with Crippen molar-refractivity contribution in [2.45, 2.75) is 0 Å². The highest BCUT2D eigenvalue weighted by atomic mass is 32.1. The Morgan fingerprint density at radius 2 is 2.00 bits per heavy atom. The number of carboxylic acid groups (broad SMARTS) is 2. The third kappa shape index (κ3) is 2.60. The van der Waals surface area contributed by atoms with E-state index in [1.807, 2.05) is 0 Å². The first kappa shape index (κ1) is 10.3. The Morgan fingerprint density at radius 3 is 2.43 bits per heavy atom. The molecule has 0 aliphatic rings. The van der Waals surface area contributed by atoms with E-state index in [2.05, 4.69) is 5.32 Å². The minimum atomic E-state index is -1.47. The summed E-state index contributed by atoms with van der Waals surface area (Å²) in [5, 5.41) is 23.1. The molecule has 14 heavy (non-hydrogen) atoms. The lowest BCUT2D eigenvalue weighted by Gasteiger charge is -1.97. The van der Waals surface area contributed by atoms with Gasteiger partial charge in [0, 0.05) is 17.3 Å². The lowest BCUT2D eigenvalue weighted by atomic mass is 10.3. The zero-order chi connectivity index (χ0) is 10.6. The third-order valence-corrected chi connectivity index (χ3v) is 2.05. The molecule has 0 bridgehead atoms. The Kier molecular flexibility index (Phi) is 3.24. The molecule has 0 fully saturated rings. The lowest BCUT2D eigenvalue weighted by molar-refractivity contribution is -0.140. The van der Waals surface area contributed by atoms with Gasteiger partial charge in [0.1, 0.15) is 0 Å². The maximum Gasteiger partial charge on any atom is 0.344 e. The fraction of sp³-hybridized carbons (Fsp3) is 0. The van der Waals surface area contributed by atoms with Crippen molar-refractivity contribution in [3.05, 3.63) is 28.6 Å². The van der Waals surface area contributed by atoms with E-state index in [4.69, 9.17) is 10.2 Å². The van der Waals surface area contributed by atoms with Gasteiger partial charge >= 0.3 is 11.9 Å². The van der Waals surface area contributed by atoms with Crippen molar-refractivity contribution < 1.29 is 19.8 Å². The van der Waals surface area contributed by atoms with Crippen molar-refractivity contribution in [3.63, 3.8) is 0 Å². The summed E-state index contributed by atoms with van der Waals surface area (Å²) in [7, 11) is 0. The first-order valence-electron chi connectivity index (χ1n) is 3.56. The predicted molar refractivity (Wildman–Crippen MR) is 51.3 cm³/mol. The number of nitrogens with one attached hydrogen (secondary N) is 1. The highest BCUT2D eigenvalue weighted by Gasteiger charge is 2.15. The molecule has 6 heteroatoms. The van der Waals surface area contributed by atoms with Crippen molar-refractivity contribution in [1.82, 2.24) is 0 Å². The molecule has 0 aromatic carbocycles. The summed E-state index contributed by atoms with van der Waals surface area (Å²) in [6, 6.07) is 1.71. The molecule has 0 amide bonds. The van der Waals surface area contributed by atoms with Gasteiger partial charge in [0.05, 0.1) is 0 Å². The normalized spacial score (nSPS) is 9.14. The van der Waals surface area contributed by atoms with E-state index in [1.54, 1.807) is 16.8 Å². The van der Waals surface area contributed by atoms with Gasteiger partial charge in [-0.2, -0.15) is 11.3 Å². The number of carbonyl (C=O) groups is 2. The van der Waals surface area contributed by atoms with Crippen LogP contribution in [-0.2, 0) is 9.59 Å². The Labute approximate surface area is 83.3 Å². The van der Waals surface area contributed by atoms with E-state index < -0.39 is 17.5 Å². The van der Waals surface area contributed by atoms with Crippen LogP contribution in [0.1, 0.15) is 0 Å². The van der Waals surface area contributed by atoms with Crippen molar-refractivity contribution >= 4 is 29.0 Å². The Balaban J connectivity index is 2.75. The molecular formula is C8H7NO4S. The van der Waals surface area contributed by atoms with Crippen LogP contribution in [0.25, 0.3) is 0 Å². The number of aliphatic carboxylic acids is 2. The summed E-state index contributed by atoms with van der Waals surface area (Å²) in [4.78, 5) is 20.8. The van der Waals surface area contributed by atoms with Crippen LogP contribution in [0.5, 0.6) is 0 Å². The van der Waals surface area contributed by atoms with Gasteiger partial charge in [-0.05, 0) is 11.4 Å². The average molecular weight is 213 g/mol. The average Bonchev–Trinajstić information content (AvgIpc) is 2.55. The van der Waals surface area contributed by atoms with Crippen molar-refractivity contribution in [2.75, 3.05) is 5.32 Å². The molecule has 1 aromatic rings. The van der Waals surface area contributed by atoms with E-state index >= 15 is 0 Å². The van der Waals surface area contributed by atoms with Gasteiger partial charge < -0.3 is 15.5 Å². The second kappa shape index (κ2) is 4.43. The quantitative estimate of drug-likeness (QED) is 0.397. The standard InChI is InChI=1S/C8H7NO4S/c10-7(11)6(8(12)13)3-9-5-1-2-14-4-5/h1-4,9H,(H,10,11)(H,12,13). The highest BCUT2D eigenvalue weighted by Crippen LogP contribution is 2.12. The van der Waals surface area contributed by atoms with E-state index in [1.165, 1.54) is 11.3 Å². The first-order valence-corrected chi connectivity index (χ1v) is 4.51. The molecule has 1 heterocycles. The molecule has 0 unspecified atom stereocenters. The number of rotatable bonds is 4. The molecule has 3 N–H and O–H groups in total. The summed E-state index contributed by atoms with van der Waals surface area (Å²) in [6.45, 7) is 0. The molecule has 74 valence electrons. The number of carboxylic acids is 2. The molecule has 0 spiro atoms. The highest BCUT2D eigenvalue weighted by molar-refractivity contribution is 7.08. The van der Waals surface area contributed by atoms with Gasteiger partial charge in [0.2, 0.25) is 0 Å². The van der Waals surface area contributed by atoms with Gasteiger partial charge in [-0.25, -0.2) is 9.59 Å². The molecule has 5 nitrogen and oxygen atoms in total. The van der Waals surface area contributed by atoms with Gasteiger partial charge in [-0.3, -0.25) is 0 Å². The molecule has 0 aliphatic heterocycles. The molecule has 0 saturated heterocycles. The van der Waals surface area contributed by atoms with Crippen LogP contribution >= 0.6 is 11.3 Å². The summed E-state index contributed by atoms with van der Waals surface area (Å²) >= 11 is 1.42. The van der Waals surface area contributed by atoms with Crippen LogP contribution in [0, 0.1) is 0 Å². The predicted octanol–water partition coefficient (Wildman–Crippen LogP) is 1.21. The topological polar surface area (TPSA) is 86.6 Å². The maximum absolute atomic E-state index is 10.4. The van der Waals surface area contributed by atoms with E-state index in [-0.39, 0.29) is 0 Å². The molecule has 0 saturated carbocycles. The van der Waals surface area contributed by atoms with E-state index in [0.29, 0.717) is 5.69 Å². The first-order chi connectivity index (χ1) is 6.61. The van der Waals surface area contributed by atoms with Crippen molar-refractivity contribution in [2.24, 2.45) is 0 Å². The van der Waals surface area contributed by atoms with Crippen molar-refractivity contribution in [1.29, 1.82) is 0 Å². The summed E-state index contributed by atoms with van der Waals surface area (Å²) in [5.74, 6) is -2.94. The summed E-state index contributed by atoms with van der Waals surface area (Å²) < 4.78 is 0. The third-order valence-electron chi connectivity index (χ3n) is 1.37. The van der Waals surface area contributed by atoms with Gasteiger partial charge in [0.15, 0.2) is 5.57 Å². The minimum absolute atomic E-state index is 0.662. The number of thiophene rings is 1. The fourth-order valence-corrected chi connectivity index (χ4v) is 1.31. The molecule has 1 rings (SSSR count). The number of anilines is 1. The molecule has 0 aliphatic carbocycles. The SMILES string of the molecule is O=C(O)C(=CNc1ccsc1)C(=O)O. The molecule has 0 radical (unpaired) electrons. The Hall–Kier alpha value is -1.82. The molecule has 1 aromatic heterocycles. The Morgan fingerprint density at radius 1 is 1.36 bits per heavy atom. The minimum Gasteiger partial charge on any atom is -0.477 e. The molecule has 0 atom stereocenters. The van der Waals surface area contributed by atoms with Gasteiger partial charge in [-0.15, -0.1) is 0 Å². The fourth-order valence-electron chi connectivity index (χ4n) is 0.717. The maximum atomic E-state index is 10.4. The smallest absolute Gasteiger partial charge is 0.344 e. The van der Waals surface area contributed by atoms with Gasteiger partial charge in [-0.1, -0.05) is 0 Å². The van der Waals surface area contributed by atoms with Crippen LogP contribution < -0.4 is 5.32 Å². The molecular weight excluding hydrogens is 206 g/mol. The number of hydrogen-bond donors (Lipinski definition) is 3. The van der Waals surface area contributed by atoms with Gasteiger partial charge in [0.25, 0.3) is 0 Å². The zero-order valence-electron chi connectivity index (χ0n) is 6.93. The lowest BCUT2D eigenvalue weighted by Crippen LogP contribution is -2.12. The van der Waals surface area contributed by atoms with Crippen LogP contribution in [0.4, 0.5) is 5.69 Å². The summed E-state index contributed by atoms with van der Waals surface area (Å²) in [6.07, 6.45) is 0.951. The van der Waals surface area contributed by atoms with Crippen LogP contribution in [-0.4, -0.2) is 22.2 Å². The monoisotopic (exact) mass is 213 g/mol. The van der Waals surface area contributed by atoms with E-state index in [9.17, 15) is 9.59 Å². The summed E-state index contributed by atoms with van der Waals surface area (Å²) in [5.41, 5.74) is -0.0359. The van der Waals surface area contributed by atoms with Crippen LogP contribution in [0.3, 0.4) is 0 Å². The largest absolute Gasteiger partial charge is 0.477 e. The second-order valence-electron chi connectivity index (χ2n) is 2.32. The van der Waals surface area contributed by atoms with E-state index in [0.717, 1.165) is 6.20 Å². The van der Waals surface area contributed by atoms with Crippen molar-refractivity contribution in [3.8, 4) is 0 Å². The van der Waals surface area contributed by atoms with Crippen LogP contribution in [0.2, 0.25) is 0 Å². The zero-order valence-corrected chi connectivity index (χ0v) is 7.75. The van der Waals surface area contributed by atoms with Crippen LogP contribution in [0.15, 0.2) is 28.6 Å². The second-order valence-corrected chi connectivity index (χ2v) is 3.10. The Bertz CT molecular complexity index is 353.